The first-order chi connectivity index (χ1) is 13.7. The Morgan fingerprint density at radius 1 is 1.04 bits per heavy atom. The molecule has 1 saturated heterocycles. The number of carbonyl (C=O) groups is 1. The largest absolute Gasteiger partial charge is 0.497 e. The summed E-state index contributed by atoms with van der Waals surface area (Å²) in [4.78, 5) is 14.5. The van der Waals surface area contributed by atoms with Crippen LogP contribution in [0.25, 0.3) is 0 Å². The summed E-state index contributed by atoms with van der Waals surface area (Å²) in [5.74, 6) is 1.55. The van der Waals surface area contributed by atoms with E-state index in [1.807, 2.05) is 30.3 Å². The quantitative estimate of drug-likeness (QED) is 0.688. The summed E-state index contributed by atoms with van der Waals surface area (Å²) in [7, 11) is 1.63. The van der Waals surface area contributed by atoms with Gasteiger partial charge in [0.1, 0.15) is 18.1 Å². The highest BCUT2D eigenvalue weighted by Gasteiger charge is 2.20. The molecule has 150 valence electrons. The van der Waals surface area contributed by atoms with Gasteiger partial charge in [-0.3, -0.25) is 4.90 Å². The van der Waals surface area contributed by atoms with Crippen LogP contribution in [0.2, 0.25) is 0 Å². The number of nitrogens with zero attached hydrogens (tertiary/aromatic N) is 1. The number of methoxy groups -OCH3 is 1. The molecule has 2 amide bonds. The van der Waals surface area contributed by atoms with E-state index < -0.39 is 0 Å². The van der Waals surface area contributed by atoms with Crippen molar-refractivity contribution in [1.82, 2.24) is 15.5 Å². The van der Waals surface area contributed by atoms with Crippen molar-refractivity contribution < 1.29 is 14.3 Å². The first kappa shape index (κ1) is 20.0. The smallest absolute Gasteiger partial charge is 0.315 e. The summed E-state index contributed by atoms with van der Waals surface area (Å²) in [5.41, 5.74) is 1.34. The summed E-state index contributed by atoms with van der Waals surface area (Å²) in [6.45, 7) is 3.86. The average molecular weight is 383 g/mol. The van der Waals surface area contributed by atoms with E-state index in [1.165, 1.54) is 5.56 Å². The Morgan fingerprint density at radius 3 is 2.39 bits per heavy atom. The van der Waals surface area contributed by atoms with E-state index in [9.17, 15) is 4.79 Å². The van der Waals surface area contributed by atoms with E-state index in [0.717, 1.165) is 44.0 Å². The third-order valence-electron chi connectivity index (χ3n) is 4.89. The molecule has 3 rings (SSSR count). The van der Waals surface area contributed by atoms with Crippen molar-refractivity contribution in [2.75, 3.05) is 33.4 Å². The lowest BCUT2D eigenvalue weighted by atomic mass is 10.0. The number of rotatable bonds is 8. The van der Waals surface area contributed by atoms with Crippen LogP contribution < -0.4 is 20.1 Å². The lowest BCUT2D eigenvalue weighted by molar-refractivity contribution is 0.186. The minimum Gasteiger partial charge on any atom is -0.497 e. The SMILES string of the molecule is COc1ccc(OCCNC(=O)NC2CCN(Cc3ccccc3)CC2)cc1. The zero-order chi connectivity index (χ0) is 19.6. The monoisotopic (exact) mass is 383 g/mol. The molecule has 0 atom stereocenters. The second kappa shape index (κ2) is 10.6. The van der Waals surface area contributed by atoms with Gasteiger partial charge in [-0.2, -0.15) is 0 Å². The number of hydrogen-bond donors (Lipinski definition) is 2. The van der Waals surface area contributed by atoms with Gasteiger partial charge in [-0.05, 0) is 42.7 Å². The van der Waals surface area contributed by atoms with Crippen LogP contribution in [0.1, 0.15) is 18.4 Å². The molecular weight excluding hydrogens is 354 g/mol. The molecule has 2 aromatic rings. The van der Waals surface area contributed by atoms with Gasteiger partial charge in [-0.25, -0.2) is 4.79 Å². The normalized spacial score (nSPS) is 15.0. The molecule has 0 bridgehead atoms. The van der Waals surface area contributed by atoms with Crippen molar-refractivity contribution in [3.8, 4) is 11.5 Å². The molecule has 2 N–H and O–H groups in total. The standard InChI is InChI=1S/C22H29N3O3/c1-27-20-7-9-21(10-8-20)28-16-13-23-22(26)24-19-11-14-25(15-12-19)17-18-5-3-2-4-6-18/h2-10,19H,11-17H2,1H3,(H2,23,24,26). The van der Waals surface area contributed by atoms with Crippen molar-refractivity contribution in [2.24, 2.45) is 0 Å². The van der Waals surface area contributed by atoms with Gasteiger partial charge in [0.25, 0.3) is 0 Å². The molecule has 28 heavy (non-hydrogen) atoms. The van der Waals surface area contributed by atoms with Crippen LogP contribution in [0, 0.1) is 0 Å². The number of hydrogen-bond acceptors (Lipinski definition) is 4. The molecule has 0 saturated carbocycles. The average Bonchev–Trinajstić information content (AvgIpc) is 2.74. The summed E-state index contributed by atoms with van der Waals surface area (Å²) >= 11 is 0. The summed E-state index contributed by atoms with van der Waals surface area (Å²) in [5, 5.41) is 5.93. The second-order valence-electron chi connectivity index (χ2n) is 6.96. The van der Waals surface area contributed by atoms with Gasteiger partial charge < -0.3 is 20.1 Å². The van der Waals surface area contributed by atoms with Gasteiger partial charge in [0, 0.05) is 25.7 Å². The van der Waals surface area contributed by atoms with E-state index in [1.54, 1.807) is 7.11 Å². The molecule has 0 spiro atoms. The second-order valence-corrected chi connectivity index (χ2v) is 6.96. The van der Waals surface area contributed by atoms with Crippen molar-refractivity contribution in [3.05, 3.63) is 60.2 Å². The van der Waals surface area contributed by atoms with Gasteiger partial charge in [0.05, 0.1) is 13.7 Å². The topological polar surface area (TPSA) is 62.8 Å². The van der Waals surface area contributed by atoms with E-state index in [0.29, 0.717) is 13.2 Å². The van der Waals surface area contributed by atoms with Crippen LogP contribution in [0.5, 0.6) is 11.5 Å². The van der Waals surface area contributed by atoms with Crippen LogP contribution >= 0.6 is 0 Å². The molecule has 6 nitrogen and oxygen atoms in total. The maximum absolute atomic E-state index is 12.1. The predicted molar refractivity (Wildman–Crippen MR) is 110 cm³/mol. The zero-order valence-electron chi connectivity index (χ0n) is 16.4. The first-order valence-electron chi connectivity index (χ1n) is 9.80. The number of carbonyl (C=O) groups excluding carboxylic acids is 1. The van der Waals surface area contributed by atoms with Crippen LogP contribution in [-0.4, -0.2) is 50.3 Å². The Hall–Kier alpha value is -2.73. The number of amides is 2. The highest BCUT2D eigenvalue weighted by Crippen LogP contribution is 2.17. The van der Waals surface area contributed by atoms with Crippen molar-refractivity contribution in [3.63, 3.8) is 0 Å². The Labute approximate surface area is 166 Å². The fourth-order valence-corrected chi connectivity index (χ4v) is 3.32. The fourth-order valence-electron chi connectivity index (χ4n) is 3.32. The Bertz CT molecular complexity index is 714. The maximum atomic E-state index is 12.1. The highest BCUT2D eigenvalue weighted by molar-refractivity contribution is 5.74. The lowest BCUT2D eigenvalue weighted by Gasteiger charge is -2.32. The predicted octanol–water partition coefficient (Wildman–Crippen LogP) is 3.04. The number of nitrogens with one attached hydrogen (secondary N) is 2. The van der Waals surface area contributed by atoms with Crippen LogP contribution in [0.4, 0.5) is 4.79 Å². The number of benzene rings is 2. The molecule has 0 unspecified atom stereocenters. The Morgan fingerprint density at radius 2 is 1.71 bits per heavy atom. The molecule has 6 heteroatoms. The number of urea groups is 1. The molecule has 2 aromatic carbocycles. The Kier molecular flexibility index (Phi) is 7.55. The minimum absolute atomic E-state index is 0.125. The van der Waals surface area contributed by atoms with Crippen LogP contribution in [0.15, 0.2) is 54.6 Å². The zero-order valence-corrected chi connectivity index (χ0v) is 16.4. The van der Waals surface area contributed by atoms with E-state index >= 15 is 0 Å². The van der Waals surface area contributed by atoms with Crippen LogP contribution in [0.3, 0.4) is 0 Å². The summed E-state index contributed by atoms with van der Waals surface area (Å²) < 4.78 is 10.7. The maximum Gasteiger partial charge on any atom is 0.315 e. The van der Waals surface area contributed by atoms with Crippen molar-refractivity contribution in [1.29, 1.82) is 0 Å². The summed E-state index contributed by atoms with van der Waals surface area (Å²) in [6, 6.07) is 18.0. The highest BCUT2D eigenvalue weighted by atomic mass is 16.5. The molecule has 1 aliphatic heterocycles. The fraction of sp³-hybridized carbons (Fsp3) is 0.409. The molecule has 0 aromatic heterocycles. The minimum atomic E-state index is -0.125. The number of piperidine rings is 1. The molecular formula is C22H29N3O3. The van der Waals surface area contributed by atoms with Gasteiger partial charge >= 0.3 is 6.03 Å². The van der Waals surface area contributed by atoms with Crippen LogP contribution in [-0.2, 0) is 6.54 Å². The van der Waals surface area contributed by atoms with E-state index in [-0.39, 0.29) is 12.1 Å². The van der Waals surface area contributed by atoms with Gasteiger partial charge in [-0.1, -0.05) is 30.3 Å². The molecule has 1 fully saturated rings. The van der Waals surface area contributed by atoms with E-state index in [4.69, 9.17) is 9.47 Å². The van der Waals surface area contributed by atoms with Gasteiger partial charge in [-0.15, -0.1) is 0 Å². The number of ether oxygens (including phenoxy) is 2. The van der Waals surface area contributed by atoms with Crippen molar-refractivity contribution >= 4 is 6.03 Å². The molecule has 0 aliphatic carbocycles. The lowest BCUT2D eigenvalue weighted by Crippen LogP contribution is -2.48. The van der Waals surface area contributed by atoms with Crippen molar-refractivity contribution in [2.45, 2.75) is 25.4 Å². The molecule has 0 radical (unpaired) electrons. The summed E-state index contributed by atoms with van der Waals surface area (Å²) in [6.07, 6.45) is 1.95. The van der Waals surface area contributed by atoms with Gasteiger partial charge in [0.15, 0.2) is 0 Å². The molecule has 1 aliphatic rings. The Balaban J connectivity index is 1.28. The third-order valence-corrected chi connectivity index (χ3v) is 4.89. The molecule has 1 heterocycles. The first-order valence-corrected chi connectivity index (χ1v) is 9.80. The number of likely N-dealkylation sites (tertiary alicyclic amines) is 1. The third kappa shape index (κ3) is 6.46. The van der Waals surface area contributed by atoms with Gasteiger partial charge in [0.2, 0.25) is 0 Å². The van der Waals surface area contributed by atoms with E-state index in [2.05, 4.69) is 39.8 Å².